The summed E-state index contributed by atoms with van der Waals surface area (Å²) >= 11 is 0. The monoisotopic (exact) mass is 183 g/mol. The van der Waals surface area contributed by atoms with Gasteiger partial charge in [0.1, 0.15) is 0 Å². The van der Waals surface area contributed by atoms with Gasteiger partial charge in [-0.1, -0.05) is 0 Å². The van der Waals surface area contributed by atoms with E-state index < -0.39 is 7.68 Å². The minimum Gasteiger partial charge on any atom is -0.307 e. The molecule has 0 bridgehead atoms. The van der Waals surface area contributed by atoms with E-state index in [1.54, 1.807) is 6.92 Å². The highest BCUT2D eigenvalue weighted by molar-refractivity contribution is 7.52. The normalized spacial score (nSPS) is 19.8. The number of hydrogen-bond donors (Lipinski definition) is 0. The van der Waals surface area contributed by atoms with Crippen molar-refractivity contribution in [2.45, 2.75) is 13.0 Å². The van der Waals surface area contributed by atoms with E-state index in [2.05, 4.69) is 4.52 Å². The van der Waals surface area contributed by atoms with Crippen molar-refractivity contribution < 1.29 is 13.3 Å². The number of halogens is 1. The number of rotatable bonds is 4. The number of likely N-dealkylation sites (N-methyl/N-ethyl adjacent to an activating group) is 1. The van der Waals surface area contributed by atoms with Crippen molar-refractivity contribution in [1.29, 1.82) is 0 Å². The van der Waals surface area contributed by atoms with E-state index in [0.29, 0.717) is 6.54 Å². The van der Waals surface area contributed by atoms with Gasteiger partial charge in [-0.05, 0) is 21.0 Å². The van der Waals surface area contributed by atoms with Gasteiger partial charge in [0.15, 0.2) is 0 Å². The molecule has 0 aromatic carbocycles. The van der Waals surface area contributed by atoms with Crippen molar-refractivity contribution in [2.75, 3.05) is 27.3 Å². The van der Waals surface area contributed by atoms with Crippen molar-refractivity contribution in [2.24, 2.45) is 0 Å². The van der Waals surface area contributed by atoms with Gasteiger partial charge in [-0.2, -0.15) is 4.20 Å². The van der Waals surface area contributed by atoms with E-state index in [9.17, 15) is 8.76 Å². The van der Waals surface area contributed by atoms with Crippen LogP contribution in [0.15, 0.2) is 0 Å². The largest absolute Gasteiger partial charge is 0.364 e. The maximum atomic E-state index is 12.4. The summed E-state index contributed by atoms with van der Waals surface area (Å²) in [6.45, 7) is 3.23. The molecule has 0 aliphatic heterocycles. The van der Waals surface area contributed by atoms with E-state index in [-0.39, 0.29) is 6.10 Å². The van der Waals surface area contributed by atoms with Gasteiger partial charge in [-0.15, -0.1) is 0 Å². The van der Waals surface area contributed by atoms with Crippen LogP contribution in [0.4, 0.5) is 4.20 Å². The van der Waals surface area contributed by atoms with Gasteiger partial charge < -0.3 is 9.42 Å². The van der Waals surface area contributed by atoms with Crippen molar-refractivity contribution in [3.63, 3.8) is 0 Å². The summed E-state index contributed by atoms with van der Waals surface area (Å²) in [4.78, 5) is 1.85. The molecule has 2 unspecified atom stereocenters. The number of hydrogen-bond acceptors (Lipinski definition) is 3. The highest BCUT2D eigenvalue weighted by Crippen LogP contribution is 2.45. The molecule has 0 saturated heterocycles. The van der Waals surface area contributed by atoms with Crippen LogP contribution < -0.4 is 0 Å². The first-order chi connectivity index (χ1) is 4.81. The van der Waals surface area contributed by atoms with Gasteiger partial charge in [-0.3, -0.25) is 4.57 Å². The molecule has 0 rings (SSSR count). The molecule has 5 heteroatoms. The van der Waals surface area contributed by atoms with Crippen molar-refractivity contribution in [3.8, 4) is 0 Å². The third kappa shape index (κ3) is 7.98. The minimum atomic E-state index is -3.80. The first kappa shape index (κ1) is 11.1. The lowest BCUT2D eigenvalue weighted by atomic mass is 10.4. The van der Waals surface area contributed by atoms with Crippen LogP contribution in [0.5, 0.6) is 0 Å². The molecule has 2 atom stereocenters. The van der Waals surface area contributed by atoms with Crippen molar-refractivity contribution in [3.05, 3.63) is 0 Å². The molecule has 0 saturated carbocycles. The maximum Gasteiger partial charge on any atom is 0.364 e. The van der Waals surface area contributed by atoms with Crippen molar-refractivity contribution in [1.82, 2.24) is 4.90 Å². The minimum absolute atomic E-state index is 0.328. The van der Waals surface area contributed by atoms with Crippen LogP contribution in [0.25, 0.3) is 0 Å². The van der Waals surface area contributed by atoms with Crippen LogP contribution in [0, 0.1) is 0 Å². The molecule has 0 amide bonds. The lowest BCUT2D eigenvalue weighted by molar-refractivity contribution is 0.169. The SMILES string of the molecule is CC(CN(C)C)OP(C)(=O)F. The lowest BCUT2D eigenvalue weighted by Gasteiger charge is -2.17. The molecule has 0 aromatic heterocycles. The first-order valence-corrected chi connectivity index (χ1v) is 5.38. The zero-order valence-corrected chi connectivity index (χ0v) is 8.27. The third-order valence-corrected chi connectivity index (χ3v) is 1.73. The fourth-order valence-corrected chi connectivity index (χ4v) is 1.58. The average Bonchev–Trinajstić information content (AvgIpc) is 1.53. The van der Waals surface area contributed by atoms with Crippen LogP contribution in [0.3, 0.4) is 0 Å². The summed E-state index contributed by atoms with van der Waals surface area (Å²) in [5.74, 6) is 0. The summed E-state index contributed by atoms with van der Waals surface area (Å²) in [6.07, 6.45) is -0.328. The van der Waals surface area contributed by atoms with Gasteiger partial charge in [-0.25, -0.2) is 0 Å². The van der Waals surface area contributed by atoms with Gasteiger partial charge in [0, 0.05) is 13.2 Å². The topological polar surface area (TPSA) is 29.5 Å². The third-order valence-electron chi connectivity index (χ3n) is 0.990. The van der Waals surface area contributed by atoms with Crippen molar-refractivity contribution >= 4 is 7.68 Å². The van der Waals surface area contributed by atoms with Crippen LogP contribution in [-0.2, 0) is 9.09 Å². The summed E-state index contributed by atoms with van der Waals surface area (Å²) < 4.78 is 27.5. The average molecular weight is 183 g/mol. The van der Waals surface area contributed by atoms with Crippen LogP contribution in [0.2, 0.25) is 0 Å². The zero-order valence-electron chi connectivity index (χ0n) is 7.37. The Kier molecular flexibility index (Phi) is 4.22. The molecule has 0 fully saturated rings. The van der Waals surface area contributed by atoms with E-state index in [0.717, 1.165) is 6.66 Å². The summed E-state index contributed by atoms with van der Waals surface area (Å²) in [5.41, 5.74) is 0. The lowest BCUT2D eigenvalue weighted by Crippen LogP contribution is -2.24. The molecule has 0 spiro atoms. The van der Waals surface area contributed by atoms with E-state index in [1.165, 1.54) is 0 Å². The van der Waals surface area contributed by atoms with Gasteiger partial charge in [0.05, 0.1) is 6.10 Å². The molecule has 0 aromatic rings. The molecule has 0 heterocycles. The van der Waals surface area contributed by atoms with Gasteiger partial charge >= 0.3 is 7.68 Å². The Morgan fingerprint density at radius 1 is 1.64 bits per heavy atom. The van der Waals surface area contributed by atoms with Gasteiger partial charge in [0.2, 0.25) is 0 Å². The molecule has 0 radical (unpaired) electrons. The van der Waals surface area contributed by atoms with Crippen LogP contribution >= 0.6 is 7.68 Å². The highest BCUT2D eigenvalue weighted by atomic mass is 31.2. The zero-order chi connectivity index (χ0) is 9.07. The molecular formula is C6H15FNO2P. The second-order valence-electron chi connectivity index (χ2n) is 2.92. The summed E-state index contributed by atoms with van der Waals surface area (Å²) in [5, 5.41) is 0. The predicted octanol–water partition coefficient (Wildman–Crippen LogP) is 1.75. The second kappa shape index (κ2) is 4.19. The molecule has 0 aliphatic carbocycles. The molecule has 11 heavy (non-hydrogen) atoms. The number of nitrogens with zero attached hydrogens (tertiary/aromatic N) is 1. The predicted molar refractivity (Wildman–Crippen MR) is 43.7 cm³/mol. The summed E-state index contributed by atoms with van der Waals surface area (Å²) in [7, 11) is -0.113. The first-order valence-electron chi connectivity index (χ1n) is 3.41. The molecule has 0 N–H and O–H groups in total. The highest BCUT2D eigenvalue weighted by Gasteiger charge is 2.17. The van der Waals surface area contributed by atoms with E-state index in [1.807, 2.05) is 19.0 Å². The standard InChI is InChI=1S/C6H15FNO2P/c1-6(5-8(2)3)10-11(4,7)9/h6H,5H2,1-4H3. The Labute approximate surface area is 67.1 Å². The molecule has 68 valence electrons. The second-order valence-corrected chi connectivity index (χ2v) is 4.63. The fraction of sp³-hybridized carbons (Fsp3) is 1.00. The Morgan fingerprint density at radius 3 is 2.36 bits per heavy atom. The Bertz CT molecular complexity index is 157. The van der Waals surface area contributed by atoms with Gasteiger partial charge in [0.25, 0.3) is 0 Å². The fourth-order valence-electron chi connectivity index (χ4n) is 0.869. The summed E-state index contributed by atoms with van der Waals surface area (Å²) in [6, 6.07) is 0. The van der Waals surface area contributed by atoms with Crippen LogP contribution in [-0.4, -0.2) is 38.3 Å². The van der Waals surface area contributed by atoms with E-state index >= 15 is 0 Å². The molecule has 0 aliphatic rings. The van der Waals surface area contributed by atoms with E-state index in [4.69, 9.17) is 0 Å². The molecule has 3 nitrogen and oxygen atoms in total. The Balaban J connectivity index is 3.70. The Morgan fingerprint density at radius 2 is 2.09 bits per heavy atom. The van der Waals surface area contributed by atoms with Crippen LogP contribution in [0.1, 0.15) is 6.92 Å². The maximum absolute atomic E-state index is 12.4. The Hall–Kier alpha value is 0.0800. The smallest absolute Gasteiger partial charge is 0.307 e. The molecular weight excluding hydrogens is 168 g/mol. The quantitative estimate of drug-likeness (QED) is 0.622.